The van der Waals surface area contributed by atoms with Crippen molar-refractivity contribution in [2.75, 3.05) is 0 Å². The van der Waals surface area contributed by atoms with Crippen LogP contribution in [0, 0.1) is 40.4 Å². The average molecular weight is 718 g/mol. The number of hydrogen-bond donors (Lipinski definition) is 1. The number of rotatable bonds is 13. The Labute approximate surface area is 328 Å². The molecule has 1 N–H and O–H groups in total. The van der Waals surface area contributed by atoms with Crippen LogP contribution in [0.25, 0.3) is 0 Å². The number of allylic oxidation sites excluding steroid dienone is 5. The van der Waals surface area contributed by atoms with E-state index in [1.165, 1.54) is 67.2 Å². The molecule has 1 aromatic rings. The average Bonchev–Trinajstić information content (AvgIpc) is 3.32. The lowest BCUT2D eigenvalue weighted by Gasteiger charge is -2.29. The normalized spacial score (nSPS) is 17.8. The standard InChI is InChI=1S/C16H29N.C11H20.C10H20.C8H10.2C3H6/c1-12(2)15(14-9-7-8-10-14)17-13(3)11-16(4,5)6;1-6-7-10(4)11(5)8-9(2)3;1-6-8-9(7(2)3)10(8,4)5;1-2-8-6-4-3-5-7-8;2*1-3-2/h14-15,17H,1,3,7-11H2,2,4-6H3;10H,2,5-8H2,1,3-4H3;7-9H,6H2,1-5H3;3-7H,2H2,1H3;2*3H,1H2,2H3. The van der Waals surface area contributed by atoms with Crippen molar-refractivity contribution in [3.8, 4) is 0 Å². The summed E-state index contributed by atoms with van der Waals surface area (Å²) in [6, 6.07) is 10.9. The summed E-state index contributed by atoms with van der Waals surface area (Å²) >= 11 is 0. The Morgan fingerprint density at radius 1 is 0.885 bits per heavy atom. The maximum absolute atomic E-state index is 4.18. The molecule has 0 spiro atoms. The molecule has 3 rings (SSSR count). The lowest BCUT2D eigenvalue weighted by Crippen LogP contribution is -2.36. The van der Waals surface area contributed by atoms with Gasteiger partial charge >= 0.3 is 0 Å². The highest BCUT2D eigenvalue weighted by molar-refractivity contribution is 5.14. The van der Waals surface area contributed by atoms with Crippen molar-refractivity contribution in [1.29, 1.82) is 0 Å². The van der Waals surface area contributed by atoms with Gasteiger partial charge in [-0.15, -0.1) is 13.2 Å². The van der Waals surface area contributed by atoms with Crippen LogP contribution in [0.15, 0.2) is 104 Å². The Morgan fingerprint density at radius 2 is 1.37 bits per heavy atom. The molecule has 2 aliphatic rings. The Bertz CT molecular complexity index is 1100. The Hall–Kier alpha value is -2.54. The molecular formula is C51H91N. The van der Waals surface area contributed by atoms with Crippen molar-refractivity contribution in [2.45, 2.75) is 174 Å². The highest BCUT2D eigenvalue weighted by Crippen LogP contribution is 2.63. The monoisotopic (exact) mass is 718 g/mol. The van der Waals surface area contributed by atoms with Gasteiger partial charge in [0.15, 0.2) is 0 Å². The fourth-order valence-corrected chi connectivity index (χ4v) is 7.65. The Balaban J connectivity index is -0.000000603. The first-order valence-corrected chi connectivity index (χ1v) is 20.7. The van der Waals surface area contributed by atoms with Crippen molar-refractivity contribution in [3.05, 3.63) is 110 Å². The fourth-order valence-electron chi connectivity index (χ4n) is 7.65. The maximum Gasteiger partial charge on any atom is 0.0493 e. The van der Waals surface area contributed by atoms with Crippen LogP contribution in [0.5, 0.6) is 0 Å². The predicted molar refractivity (Wildman–Crippen MR) is 243 cm³/mol. The molecule has 1 aromatic carbocycles. The van der Waals surface area contributed by atoms with Gasteiger partial charge in [0.25, 0.3) is 0 Å². The van der Waals surface area contributed by atoms with Gasteiger partial charge in [-0.3, -0.25) is 0 Å². The van der Waals surface area contributed by atoms with E-state index < -0.39 is 0 Å². The van der Waals surface area contributed by atoms with Crippen molar-refractivity contribution in [1.82, 2.24) is 5.32 Å². The smallest absolute Gasteiger partial charge is 0.0493 e. The van der Waals surface area contributed by atoms with Crippen LogP contribution in [0.2, 0.25) is 0 Å². The first-order chi connectivity index (χ1) is 24.1. The molecule has 0 aliphatic heterocycles. The van der Waals surface area contributed by atoms with Gasteiger partial charge in [0.1, 0.15) is 0 Å². The van der Waals surface area contributed by atoms with Gasteiger partial charge in [-0.1, -0.05) is 187 Å². The summed E-state index contributed by atoms with van der Waals surface area (Å²) in [6.45, 7) is 56.2. The minimum absolute atomic E-state index is 0.305. The molecule has 4 unspecified atom stereocenters. The molecule has 0 aromatic heterocycles. The van der Waals surface area contributed by atoms with Gasteiger partial charge in [-0.25, -0.2) is 0 Å². The Kier molecular flexibility index (Phi) is 30.9. The topological polar surface area (TPSA) is 12.0 Å². The van der Waals surface area contributed by atoms with Crippen molar-refractivity contribution in [2.24, 2.45) is 40.4 Å². The zero-order chi connectivity index (χ0) is 41.1. The van der Waals surface area contributed by atoms with Gasteiger partial charge < -0.3 is 5.32 Å². The van der Waals surface area contributed by atoms with Crippen LogP contribution < -0.4 is 5.32 Å². The molecule has 2 saturated carbocycles. The molecule has 0 bridgehead atoms. The molecule has 0 amide bonds. The van der Waals surface area contributed by atoms with E-state index in [-0.39, 0.29) is 0 Å². The highest BCUT2D eigenvalue weighted by Gasteiger charge is 2.56. The van der Waals surface area contributed by atoms with E-state index in [1.54, 1.807) is 12.2 Å². The number of benzene rings is 1. The van der Waals surface area contributed by atoms with Gasteiger partial charge in [-0.2, -0.15) is 0 Å². The first-order valence-electron chi connectivity index (χ1n) is 20.7. The van der Waals surface area contributed by atoms with Crippen LogP contribution in [0.3, 0.4) is 0 Å². The highest BCUT2D eigenvalue weighted by atomic mass is 14.9. The maximum atomic E-state index is 4.18. The van der Waals surface area contributed by atoms with E-state index in [9.17, 15) is 0 Å². The zero-order valence-corrected chi connectivity index (χ0v) is 37.8. The molecule has 4 atom stereocenters. The first kappa shape index (κ1) is 53.8. The summed E-state index contributed by atoms with van der Waals surface area (Å²) in [5.74, 6) is 4.32. The van der Waals surface area contributed by atoms with Gasteiger partial charge in [-0.05, 0) is 112 Å². The third-order valence-corrected chi connectivity index (χ3v) is 10.0. The molecule has 2 fully saturated rings. The third kappa shape index (κ3) is 26.3. The molecular weight excluding hydrogens is 627 g/mol. The van der Waals surface area contributed by atoms with Crippen molar-refractivity contribution >= 4 is 0 Å². The molecule has 0 radical (unpaired) electrons. The van der Waals surface area contributed by atoms with Crippen LogP contribution in [-0.4, -0.2) is 6.04 Å². The molecule has 0 heterocycles. The number of hydrogen-bond acceptors (Lipinski definition) is 1. The van der Waals surface area contributed by atoms with Crippen LogP contribution in [0.4, 0.5) is 0 Å². The van der Waals surface area contributed by atoms with E-state index in [0.717, 1.165) is 48.6 Å². The van der Waals surface area contributed by atoms with Crippen LogP contribution in [0.1, 0.15) is 167 Å². The molecule has 2 aliphatic carbocycles. The van der Waals surface area contributed by atoms with Crippen LogP contribution in [-0.2, 0) is 6.42 Å². The van der Waals surface area contributed by atoms with Crippen LogP contribution >= 0.6 is 0 Å². The van der Waals surface area contributed by atoms with Gasteiger partial charge in [0.05, 0.1) is 0 Å². The number of aryl methyl sites for hydroxylation is 1. The number of nitrogens with one attached hydrogen (secondary N) is 1. The predicted octanol–water partition coefficient (Wildman–Crippen LogP) is 16.6. The fraction of sp³-hybridized carbons (Fsp3) is 0.647. The Morgan fingerprint density at radius 3 is 1.65 bits per heavy atom. The summed E-state index contributed by atoms with van der Waals surface area (Å²) in [4.78, 5) is 0. The van der Waals surface area contributed by atoms with Crippen molar-refractivity contribution < 1.29 is 0 Å². The lowest BCUT2D eigenvalue weighted by molar-refractivity contribution is 0.369. The quantitative estimate of drug-likeness (QED) is 0.200. The molecule has 0 saturated heterocycles. The molecule has 1 nitrogen and oxygen atoms in total. The third-order valence-electron chi connectivity index (χ3n) is 10.0. The zero-order valence-electron chi connectivity index (χ0n) is 37.8. The minimum atomic E-state index is 0.305. The SMILES string of the molecule is C=C(C)CC(=C)C(C)CCC.C=C(CC(C)(C)C)NC(C(=C)C)C1CCCC1.C=CC.C=CC.CCC1C(C(C)C)C1(C)C.CCc1ccccc1. The van der Waals surface area contributed by atoms with E-state index in [1.807, 2.05) is 19.9 Å². The summed E-state index contributed by atoms with van der Waals surface area (Å²) in [5, 5.41) is 3.62. The van der Waals surface area contributed by atoms with E-state index >= 15 is 0 Å². The van der Waals surface area contributed by atoms with Gasteiger partial charge in [0.2, 0.25) is 0 Å². The van der Waals surface area contributed by atoms with Crippen molar-refractivity contribution in [3.63, 3.8) is 0 Å². The lowest BCUT2D eigenvalue weighted by atomic mass is 9.88. The summed E-state index contributed by atoms with van der Waals surface area (Å²) in [7, 11) is 0. The second kappa shape index (κ2) is 29.9. The molecule has 1 heteroatoms. The summed E-state index contributed by atoms with van der Waals surface area (Å²) < 4.78 is 0. The largest absolute Gasteiger partial charge is 0.382 e. The van der Waals surface area contributed by atoms with E-state index in [4.69, 9.17) is 0 Å². The summed E-state index contributed by atoms with van der Waals surface area (Å²) in [6.07, 6.45) is 16.0. The molecule has 52 heavy (non-hydrogen) atoms. The second-order valence-corrected chi connectivity index (χ2v) is 17.6. The molecule has 300 valence electrons. The van der Waals surface area contributed by atoms with E-state index in [0.29, 0.717) is 22.8 Å². The van der Waals surface area contributed by atoms with E-state index in [2.05, 4.69) is 159 Å². The van der Waals surface area contributed by atoms with Gasteiger partial charge in [0, 0.05) is 11.7 Å². The minimum Gasteiger partial charge on any atom is -0.382 e. The summed E-state index contributed by atoms with van der Waals surface area (Å²) in [5.41, 5.74) is 7.34. The second-order valence-electron chi connectivity index (χ2n) is 17.6.